The third kappa shape index (κ3) is 2.60. The topological polar surface area (TPSA) is 79.6 Å². The summed E-state index contributed by atoms with van der Waals surface area (Å²) in [5, 5.41) is 10.0. The van der Waals surface area contributed by atoms with Crippen LogP contribution in [0.15, 0.2) is 27.1 Å². The van der Waals surface area contributed by atoms with E-state index in [1.807, 2.05) is 25.1 Å². The van der Waals surface area contributed by atoms with Crippen LogP contribution < -0.4 is 5.32 Å². The molecule has 0 saturated heterocycles. The monoisotopic (exact) mass is 321 g/mol. The lowest BCUT2D eigenvalue weighted by Crippen LogP contribution is -2.01. The van der Waals surface area contributed by atoms with Gasteiger partial charge in [-0.25, -0.2) is 4.98 Å². The SMILES string of the molecule is CCc1n[nH]c(CNc2nc3cc(Br)ccc3o2)n1. The van der Waals surface area contributed by atoms with E-state index < -0.39 is 0 Å². The van der Waals surface area contributed by atoms with Crippen LogP contribution in [0.4, 0.5) is 6.01 Å². The number of hydrogen-bond donors (Lipinski definition) is 2. The van der Waals surface area contributed by atoms with E-state index in [1.54, 1.807) is 0 Å². The zero-order chi connectivity index (χ0) is 13.2. The Kier molecular flexibility index (Phi) is 3.20. The van der Waals surface area contributed by atoms with E-state index >= 15 is 0 Å². The molecule has 0 amide bonds. The highest BCUT2D eigenvalue weighted by molar-refractivity contribution is 9.10. The highest BCUT2D eigenvalue weighted by Gasteiger charge is 2.07. The van der Waals surface area contributed by atoms with Crippen molar-refractivity contribution >= 4 is 33.0 Å². The predicted octanol–water partition coefficient (Wildman–Crippen LogP) is 2.88. The van der Waals surface area contributed by atoms with Crippen LogP contribution >= 0.6 is 15.9 Å². The summed E-state index contributed by atoms with van der Waals surface area (Å²) in [5.41, 5.74) is 1.56. The van der Waals surface area contributed by atoms with Gasteiger partial charge in [0.2, 0.25) is 0 Å². The van der Waals surface area contributed by atoms with Crippen molar-refractivity contribution in [3.63, 3.8) is 0 Å². The van der Waals surface area contributed by atoms with Gasteiger partial charge in [0, 0.05) is 10.9 Å². The Bertz CT molecular complexity index is 705. The normalized spacial score (nSPS) is 11.1. The third-order valence-corrected chi connectivity index (χ3v) is 3.14. The maximum absolute atomic E-state index is 5.57. The first kappa shape index (κ1) is 12.2. The molecule has 6 nitrogen and oxygen atoms in total. The first-order chi connectivity index (χ1) is 9.24. The van der Waals surface area contributed by atoms with Crippen LogP contribution in [0.3, 0.4) is 0 Å². The molecule has 2 aromatic heterocycles. The van der Waals surface area contributed by atoms with Crippen LogP contribution in [0, 0.1) is 0 Å². The number of halogens is 1. The van der Waals surface area contributed by atoms with Crippen LogP contribution in [-0.2, 0) is 13.0 Å². The highest BCUT2D eigenvalue weighted by atomic mass is 79.9. The second kappa shape index (κ2) is 5.00. The molecule has 0 fully saturated rings. The van der Waals surface area contributed by atoms with Crippen LogP contribution in [0.2, 0.25) is 0 Å². The Morgan fingerprint density at radius 2 is 2.26 bits per heavy atom. The van der Waals surface area contributed by atoms with Gasteiger partial charge < -0.3 is 9.73 Å². The van der Waals surface area contributed by atoms with Crippen LogP contribution in [0.5, 0.6) is 0 Å². The number of nitrogens with zero attached hydrogens (tertiary/aromatic N) is 3. The molecule has 7 heteroatoms. The molecule has 0 aliphatic rings. The lowest BCUT2D eigenvalue weighted by Gasteiger charge is -1.96. The van der Waals surface area contributed by atoms with E-state index in [-0.39, 0.29) is 0 Å². The molecule has 1 aromatic carbocycles. The number of rotatable bonds is 4. The maximum Gasteiger partial charge on any atom is 0.296 e. The van der Waals surface area contributed by atoms with Gasteiger partial charge in [-0.05, 0) is 18.2 Å². The number of aryl methyl sites for hydroxylation is 1. The fraction of sp³-hybridized carbons (Fsp3) is 0.250. The maximum atomic E-state index is 5.57. The Labute approximate surface area is 117 Å². The van der Waals surface area contributed by atoms with Crippen LogP contribution in [0.25, 0.3) is 11.1 Å². The molecule has 0 spiro atoms. The van der Waals surface area contributed by atoms with E-state index in [1.165, 1.54) is 0 Å². The highest BCUT2D eigenvalue weighted by Crippen LogP contribution is 2.22. The predicted molar refractivity (Wildman–Crippen MR) is 74.8 cm³/mol. The Balaban J connectivity index is 1.74. The summed E-state index contributed by atoms with van der Waals surface area (Å²) in [7, 11) is 0. The van der Waals surface area contributed by atoms with Crippen molar-refractivity contribution in [3.05, 3.63) is 34.3 Å². The number of oxazole rings is 1. The lowest BCUT2D eigenvalue weighted by atomic mass is 10.3. The lowest BCUT2D eigenvalue weighted by molar-refractivity contribution is 0.613. The number of nitrogens with one attached hydrogen (secondary N) is 2. The van der Waals surface area contributed by atoms with Crippen LogP contribution in [-0.4, -0.2) is 20.2 Å². The van der Waals surface area contributed by atoms with E-state index in [9.17, 15) is 0 Å². The summed E-state index contributed by atoms with van der Waals surface area (Å²) < 4.78 is 6.55. The van der Waals surface area contributed by atoms with E-state index in [4.69, 9.17) is 4.42 Å². The van der Waals surface area contributed by atoms with Gasteiger partial charge in [0.05, 0.1) is 6.54 Å². The van der Waals surface area contributed by atoms with Crippen molar-refractivity contribution in [3.8, 4) is 0 Å². The minimum Gasteiger partial charge on any atom is -0.424 e. The molecule has 2 heterocycles. The van der Waals surface area contributed by atoms with Crippen molar-refractivity contribution in [2.45, 2.75) is 19.9 Å². The summed E-state index contributed by atoms with van der Waals surface area (Å²) in [6.45, 7) is 2.51. The third-order valence-electron chi connectivity index (χ3n) is 2.65. The van der Waals surface area contributed by atoms with Gasteiger partial charge >= 0.3 is 0 Å². The van der Waals surface area contributed by atoms with Gasteiger partial charge in [-0.15, -0.1) is 0 Å². The second-order valence-corrected chi connectivity index (χ2v) is 4.95. The Morgan fingerprint density at radius 1 is 1.37 bits per heavy atom. The minimum atomic E-state index is 0.475. The molecule has 19 heavy (non-hydrogen) atoms. The summed E-state index contributed by atoms with van der Waals surface area (Å²) >= 11 is 3.40. The quantitative estimate of drug-likeness (QED) is 0.772. The molecule has 0 bridgehead atoms. The standard InChI is InChI=1S/C12H12BrN5O/c1-2-10-16-11(18-17-10)6-14-12-15-8-5-7(13)3-4-9(8)19-12/h3-5H,2,6H2,1H3,(H,14,15)(H,16,17,18). The summed E-state index contributed by atoms with van der Waals surface area (Å²) in [4.78, 5) is 8.65. The first-order valence-electron chi connectivity index (χ1n) is 5.94. The van der Waals surface area contributed by atoms with Crippen molar-refractivity contribution in [2.24, 2.45) is 0 Å². The van der Waals surface area contributed by atoms with Gasteiger partial charge in [0.25, 0.3) is 6.01 Å². The largest absolute Gasteiger partial charge is 0.424 e. The number of aromatic amines is 1. The minimum absolute atomic E-state index is 0.475. The van der Waals surface area contributed by atoms with Gasteiger partial charge in [0.1, 0.15) is 11.3 Å². The van der Waals surface area contributed by atoms with E-state index in [0.29, 0.717) is 12.6 Å². The van der Waals surface area contributed by atoms with E-state index in [2.05, 4.69) is 41.4 Å². The van der Waals surface area contributed by atoms with Gasteiger partial charge in [0.15, 0.2) is 11.4 Å². The number of benzene rings is 1. The molecule has 98 valence electrons. The molecule has 2 N–H and O–H groups in total. The molecular weight excluding hydrogens is 310 g/mol. The number of hydrogen-bond acceptors (Lipinski definition) is 5. The molecule has 0 atom stereocenters. The Morgan fingerprint density at radius 3 is 3.05 bits per heavy atom. The molecule has 3 aromatic rings. The number of H-pyrrole nitrogens is 1. The zero-order valence-electron chi connectivity index (χ0n) is 10.3. The summed E-state index contributed by atoms with van der Waals surface area (Å²) in [6.07, 6.45) is 0.813. The van der Waals surface area contributed by atoms with Gasteiger partial charge in [-0.2, -0.15) is 10.1 Å². The molecule has 3 rings (SSSR count). The molecule has 0 unspecified atom stereocenters. The average Bonchev–Trinajstić information content (AvgIpc) is 3.01. The molecule has 0 aliphatic carbocycles. The second-order valence-electron chi connectivity index (χ2n) is 4.04. The van der Waals surface area contributed by atoms with Crippen molar-refractivity contribution < 1.29 is 4.42 Å². The zero-order valence-corrected chi connectivity index (χ0v) is 11.9. The van der Waals surface area contributed by atoms with Gasteiger partial charge in [-0.3, -0.25) is 5.10 Å². The fourth-order valence-corrected chi connectivity index (χ4v) is 2.06. The number of aromatic nitrogens is 4. The fourth-order valence-electron chi connectivity index (χ4n) is 1.71. The first-order valence-corrected chi connectivity index (χ1v) is 6.74. The number of anilines is 1. The van der Waals surface area contributed by atoms with Crippen LogP contribution in [0.1, 0.15) is 18.6 Å². The summed E-state index contributed by atoms with van der Waals surface area (Å²) in [6, 6.07) is 6.18. The van der Waals surface area contributed by atoms with Crippen molar-refractivity contribution in [1.29, 1.82) is 0 Å². The summed E-state index contributed by atoms with van der Waals surface area (Å²) in [5.74, 6) is 1.57. The average molecular weight is 322 g/mol. The smallest absolute Gasteiger partial charge is 0.296 e. The Hall–Kier alpha value is -1.89. The van der Waals surface area contributed by atoms with Gasteiger partial charge in [-0.1, -0.05) is 22.9 Å². The molecule has 0 aliphatic heterocycles. The molecule has 0 saturated carbocycles. The van der Waals surface area contributed by atoms with Crippen molar-refractivity contribution in [1.82, 2.24) is 20.2 Å². The van der Waals surface area contributed by atoms with Crippen molar-refractivity contribution in [2.75, 3.05) is 5.32 Å². The molecular formula is C12H12BrN5O. The number of fused-ring (bicyclic) bond motifs is 1. The molecule has 0 radical (unpaired) electrons. The van der Waals surface area contributed by atoms with E-state index in [0.717, 1.165) is 33.6 Å².